The standard InChI is InChI=1S/C11H12BrClINO/c1-15(6-2-5-12)11(16)9-7-8(13)3-4-10(9)14/h3-4,7H,2,5-6H2,1H3. The number of halogens is 3. The number of carbonyl (C=O) groups is 1. The molecule has 1 rings (SSSR count). The van der Waals surface area contributed by atoms with Gasteiger partial charge in [0, 0.05) is 27.5 Å². The van der Waals surface area contributed by atoms with E-state index in [2.05, 4.69) is 38.5 Å². The number of amides is 1. The van der Waals surface area contributed by atoms with Crippen LogP contribution in [-0.4, -0.2) is 29.7 Å². The van der Waals surface area contributed by atoms with Gasteiger partial charge in [-0.3, -0.25) is 4.79 Å². The number of rotatable bonds is 4. The Bertz CT molecular complexity index is 386. The van der Waals surface area contributed by atoms with Crippen LogP contribution in [0.4, 0.5) is 0 Å². The first-order chi connectivity index (χ1) is 7.56. The molecule has 0 saturated carbocycles. The average molecular weight is 416 g/mol. The molecule has 0 heterocycles. The highest BCUT2D eigenvalue weighted by molar-refractivity contribution is 14.1. The van der Waals surface area contributed by atoms with E-state index in [-0.39, 0.29) is 5.91 Å². The lowest BCUT2D eigenvalue weighted by Crippen LogP contribution is -2.28. The molecule has 0 N–H and O–H groups in total. The Balaban J connectivity index is 2.83. The van der Waals surface area contributed by atoms with Crippen molar-refractivity contribution < 1.29 is 4.79 Å². The summed E-state index contributed by atoms with van der Waals surface area (Å²) in [5.74, 6) is 0.0212. The van der Waals surface area contributed by atoms with Gasteiger partial charge in [0.25, 0.3) is 5.91 Å². The fourth-order valence-electron chi connectivity index (χ4n) is 1.27. The summed E-state index contributed by atoms with van der Waals surface area (Å²) in [7, 11) is 1.81. The molecule has 0 saturated heterocycles. The monoisotopic (exact) mass is 415 g/mol. The largest absolute Gasteiger partial charge is 0.342 e. The van der Waals surface area contributed by atoms with E-state index in [9.17, 15) is 4.79 Å². The minimum absolute atomic E-state index is 0.0212. The molecule has 0 aromatic heterocycles. The van der Waals surface area contributed by atoms with Gasteiger partial charge in [0.2, 0.25) is 0 Å². The molecule has 0 aliphatic heterocycles. The van der Waals surface area contributed by atoms with E-state index in [0.29, 0.717) is 10.6 Å². The predicted octanol–water partition coefficient (Wildman–Crippen LogP) is 3.80. The van der Waals surface area contributed by atoms with Gasteiger partial charge in [-0.15, -0.1) is 0 Å². The molecule has 5 heteroatoms. The lowest BCUT2D eigenvalue weighted by molar-refractivity contribution is 0.0794. The second kappa shape index (κ2) is 6.81. The SMILES string of the molecule is CN(CCCBr)C(=O)c1cc(Cl)ccc1I. The minimum Gasteiger partial charge on any atom is -0.342 e. The van der Waals surface area contributed by atoms with Gasteiger partial charge in [0.05, 0.1) is 5.56 Å². The average Bonchev–Trinajstić information content (AvgIpc) is 2.28. The van der Waals surface area contributed by atoms with Crippen LogP contribution >= 0.6 is 50.1 Å². The fraction of sp³-hybridized carbons (Fsp3) is 0.364. The summed E-state index contributed by atoms with van der Waals surface area (Å²) in [6.45, 7) is 0.743. The second-order valence-electron chi connectivity index (χ2n) is 3.39. The third kappa shape index (κ3) is 3.89. The van der Waals surface area contributed by atoms with Crippen LogP contribution in [0.5, 0.6) is 0 Å². The second-order valence-corrected chi connectivity index (χ2v) is 5.79. The van der Waals surface area contributed by atoms with E-state index in [1.807, 2.05) is 13.1 Å². The summed E-state index contributed by atoms with van der Waals surface area (Å²) >= 11 is 11.4. The zero-order chi connectivity index (χ0) is 12.1. The lowest BCUT2D eigenvalue weighted by Gasteiger charge is -2.17. The quantitative estimate of drug-likeness (QED) is 0.540. The molecular formula is C11H12BrClINO. The summed E-state index contributed by atoms with van der Waals surface area (Å²) in [5, 5.41) is 1.50. The molecule has 0 radical (unpaired) electrons. The van der Waals surface area contributed by atoms with Crippen molar-refractivity contribution in [3.05, 3.63) is 32.4 Å². The third-order valence-electron chi connectivity index (χ3n) is 2.13. The van der Waals surface area contributed by atoms with Crippen molar-refractivity contribution in [1.82, 2.24) is 4.90 Å². The first-order valence-electron chi connectivity index (χ1n) is 4.82. The molecule has 0 atom stereocenters. The van der Waals surface area contributed by atoms with E-state index < -0.39 is 0 Å². The van der Waals surface area contributed by atoms with Crippen LogP contribution in [0.25, 0.3) is 0 Å². The normalized spacial score (nSPS) is 10.2. The van der Waals surface area contributed by atoms with E-state index in [1.54, 1.807) is 17.0 Å². The van der Waals surface area contributed by atoms with Crippen LogP contribution in [0, 0.1) is 3.57 Å². The molecule has 0 bridgehead atoms. The van der Waals surface area contributed by atoms with Crippen LogP contribution in [0.2, 0.25) is 5.02 Å². The number of nitrogens with zero attached hydrogens (tertiary/aromatic N) is 1. The molecule has 1 aromatic carbocycles. The Hall–Kier alpha value is 0.190. The first kappa shape index (κ1) is 14.3. The first-order valence-corrected chi connectivity index (χ1v) is 7.40. The van der Waals surface area contributed by atoms with Gasteiger partial charge in [-0.05, 0) is 47.2 Å². The Morgan fingerprint density at radius 3 is 2.88 bits per heavy atom. The molecule has 0 spiro atoms. The maximum Gasteiger partial charge on any atom is 0.254 e. The number of alkyl halides is 1. The van der Waals surface area contributed by atoms with E-state index in [4.69, 9.17) is 11.6 Å². The highest BCUT2D eigenvalue weighted by Gasteiger charge is 2.14. The molecule has 88 valence electrons. The Kier molecular flexibility index (Phi) is 6.07. The molecule has 0 aliphatic carbocycles. The van der Waals surface area contributed by atoms with Crippen LogP contribution in [0.15, 0.2) is 18.2 Å². The topological polar surface area (TPSA) is 20.3 Å². The number of carbonyl (C=O) groups excluding carboxylic acids is 1. The van der Waals surface area contributed by atoms with E-state index in [1.165, 1.54) is 0 Å². The molecule has 16 heavy (non-hydrogen) atoms. The smallest absolute Gasteiger partial charge is 0.254 e. The van der Waals surface area contributed by atoms with Crippen LogP contribution in [0.1, 0.15) is 16.8 Å². The maximum atomic E-state index is 12.1. The van der Waals surface area contributed by atoms with Crippen molar-refractivity contribution in [2.24, 2.45) is 0 Å². The van der Waals surface area contributed by atoms with Crippen LogP contribution < -0.4 is 0 Å². The van der Waals surface area contributed by atoms with E-state index >= 15 is 0 Å². The molecular weight excluding hydrogens is 404 g/mol. The lowest BCUT2D eigenvalue weighted by atomic mass is 10.2. The van der Waals surface area contributed by atoms with E-state index in [0.717, 1.165) is 21.9 Å². The van der Waals surface area contributed by atoms with Crippen molar-refractivity contribution in [1.29, 1.82) is 0 Å². The van der Waals surface area contributed by atoms with Crippen molar-refractivity contribution >= 4 is 56.0 Å². The minimum atomic E-state index is 0.0212. The zero-order valence-corrected chi connectivity index (χ0v) is 13.3. The molecule has 0 fully saturated rings. The molecule has 0 aliphatic rings. The van der Waals surface area contributed by atoms with Gasteiger partial charge in [-0.1, -0.05) is 27.5 Å². The Morgan fingerprint density at radius 2 is 2.25 bits per heavy atom. The van der Waals surface area contributed by atoms with Crippen molar-refractivity contribution in [3.8, 4) is 0 Å². The molecule has 1 aromatic rings. The van der Waals surface area contributed by atoms with Crippen molar-refractivity contribution in [2.45, 2.75) is 6.42 Å². The van der Waals surface area contributed by atoms with Gasteiger partial charge in [0.1, 0.15) is 0 Å². The van der Waals surface area contributed by atoms with Gasteiger partial charge >= 0.3 is 0 Å². The summed E-state index contributed by atoms with van der Waals surface area (Å²) in [6, 6.07) is 5.36. The van der Waals surface area contributed by atoms with Crippen LogP contribution in [0.3, 0.4) is 0 Å². The van der Waals surface area contributed by atoms with Gasteiger partial charge in [-0.2, -0.15) is 0 Å². The summed E-state index contributed by atoms with van der Waals surface area (Å²) in [6.07, 6.45) is 0.944. The Labute approximate surface area is 123 Å². The van der Waals surface area contributed by atoms with Gasteiger partial charge < -0.3 is 4.90 Å². The fourth-order valence-corrected chi connectivity index (χ4v) is 2.25. The highest BCUT2D eigenvalue weighted by Crippen LogP contribution is 2.19. The Morgan fingerprint density at radius 1 is 1.56 bits per heavy atom. The maximum absolute atomic E-state index is 12.1. The van der Waals surface area contributed by atoms with Crippen molar-refractivity contribution in [3.63, 3.8) is 0 Å². The van der Waals surface area contributed by atoms with Crippen molar-refractivity contribution in [2.75, 3.05) is 18.9 Å². The predicted molar refractivity (Wildman–Crippen MR) is 79.5 cm³/mol. The molecule has 0 unspecified atom stereocenters. The van der Waals surface area contributed by atoms with Crippen LogP contribution in [-0.2, 0) is 0 Å². The zero-order valence-electron chi connectivity index (χ0n) is 8.84. The highest BCUT2D eigenvalue weighted by atomic mass is 127. The van der Waals surface area contributed by atoms with Gasteiger partial charge in [0.15, 0.2) is 0 Å². The number of hydrogen-bond acceptors (Lipinski definition) is 1. The van der Waals surface area contributed by atoms with Gasteiger partial charge in [-0.25, -0.2) is 0 Å². The summed E-state index contributed by atoms with van der Waals surface area (Å²) < 4.78 is 0.928. The number of benzene rings is 1. The number of hydrogen-bond donors (Lipinski definition) is 0. The molecule has 1 amide bonds. The molecule has 2 nitrogen and oxygen atoms in total. The summed E-state index contributed by atoms with van der Waals surface area (Å²) in [4.78, 5) is 13.8. The summed E-state index contributed by atoms with van der Waals surface area (Å²) in [5.41, 5.74) is 0.671. The third-order valence-corrected chi connectivity index (χ3v) is 3.87.